The number of benzene rings is 2. The molecule has 22 heavy (non-hydrogen) atoms. The summed E-state index contributed by atoms with van der Waals surface area (Å²) < 4.78 is 15.9. The third kappa shape index (κ3) is 1.92. The lowest BCUT2D eigenvalue weighted by Gasteiger charge is -2.03. The summed E-state index contributed by atoms with van der Waals surface area (Å²) in [5, 5.41) is 0.578. The quantitative estimate of drug-likeness (QED) is 0.527. The Hall–Kier alpha value is -2.31. The zero-order valence-corrected chi connectivity index (χ0v) is 12.8. The van der Waals surface area contributed by atoms with Crippen LogP contribution < -0.4 is 5.56 Å². The molecule has 0 radical (unpaired) electrons. The first-order valence-electron chi connectivity index (χ1n) is 6.58. The van der Waals surface area contributed by atoms with E-state index in [1.807, 2.05) is 22.6 Å². The molecule has 2 aromatic carbocycles. The molecule has 2 heterocycles. The van der Waals surface area contributed by atoms with E-state index in [0.717, 1.165) is 10.4 Å². The van der Waals surface area contributed by atoms with Crippen molar-refractivity contribution in [2.24, 2.45) is 0 Å². The number of fused-ring (bicyclic) bond motifs is 3. The Bertz CT molecular complexity index is 1140. The second-order valence-electron chi connectivity index (χ2n) is 4.86. The van der Waals surface area contributed by atoms with E-state index in [-0.39, 0.29) is 11.4 Å². The van der Waals surface area contributed by atoms with Gasteiger partial charge in [-0.2, -0.15) is 0 Å². The van der Waals surface area contributed by atoms with Crippen molar-refractivity contribution in [1.29, 1.82) is 0 Å². The van der Waals surface area contributed by atoms with E-state index >= 15 is 0 Å². The Morgan fingerprint density at radius 2 is 1.95 bits per heavy atom. The molecule has 0 fully saturated rings. The van der Waals surface area contributed by atoms with Crippen LogP contribution in [0.3, 0.4) is 0 Å². The lowest BCUT2D eigenvalue weighted by atomic mass is 10.2. The Morgan fingerprint density at radius 3 is 2.77 bits per heavy atom. The first kappa shape index (κ1) is 13.4. The lowest BCUT2D eigenvalue weighted by molar-refractivity contribution is 0.628. The van der Waals surface area contributed by atoms with Gasteiger partial charge < -0.3 is 4.98 Å². The van der Waals surface area contributed by atoms with Crippen molar-refractivity contribution in [3.05, 3.63) is 68.7 Å². The SMILES string of the molecule is O=c1[nH]c2c(-c3cccc(F)c3)sc(=S)n2c2ccccc12. The van der Waals surface area contributed by atoms with Gasteiger partial charge in [0.25, 0.3) is 5.56 Å². The van der Waals surface area contributed by atoms with Gasteiger partial charge in [-0.05, 0) is 42.0 Å². The van der Waals surface area contributed by atoms with Crippen LogP contribution in [0.25, 0.3) is 27.0 Å². The van der Waals surface area contributed by atoms with Crippen LogP contribution in [0.1, 0.15) is 0 Å². The largest absolute Gasteiger partial charge is 0.306 e. The molecule has 0 spiro atoms. The third-order valence-corrected chi connectivity index (χ3v) is 4.94. The highest BCUT2D eigenvalue weighted by Gasteiger charge is 2.13. The van der Waals surface area contributed by atoms with Crippen molar-refractivity contribution in [2.75, 3.05) is 0 Å². The third-order valence-electron chi connectivity index (χ3n) is 3.52. The molecule has 2 aromatic heterocycles. The predicted octanol–water partition coefficient (Wildman–Crippen LogP) is 4.38. The maximum atomic E-state index is 13.5. The van der Waals surface area contributed by atoms with Crippen LogP contribution in [0.2, 0.25) is 0 Å². The van der Waals surface area contributed by atoms with Gasteiger partial charge in [0.05, 0.1) is 15.8 Å². The lowest BCUT2D eigenvalue weighted by Crippen LogP contribution is -2.09. The average Bonchev–Trinajstić information content (AvgIpc) is 2.84. The fraction of sp³-hybridized carbons (Fsp3) is 0. The first-order chi connectivity index (χ1) is 10.6. The number of hydrogen-bond acceptors (Lipinski definition) is 3. The molecule has 0 atom stereocenters. The van der Waals surface area contributed by atoms with E-state index in [0.29, 0.717) is 20.6 Å². The molecule has 6 heteroatoms. The van der Waals surface area contributed by atoms with E-state index < -0.39 is 0 Å². The maximum absolute atomic E-state index is 13.5. The highest BCUT2D eigenvalue weighted by Crippen LogP contribution is 2.32. The molecule has 0 saturated carbocycles. The number of aromatic amines is 1. The molecule has 4 aromatic rings. The summed E-state index contributed by atoms with van der Waals surface area (Å²) in [5.74, 6) is -0.321. The fourth-order valence-electron chi connectivity index (χ4n) is 2.57. The molecule has 0 unspecified atom stereocenters. The van der Waals surface area contributed by atoms with Gasteiger partial charge in [0.2, 0.25) is 0 Å². The molecular weight excluding hydrogens is 319 g/mol. The monoisotopic (exact) mass is 328 g/mol. The molecular formula is C16H9FN2OS2. The number of H-pyrrole nitrogens is 1. The molecule has 3 nitrogen and oxygen atoms in total. The smallest absolute Gasteiger partial charge is 0.258 e. The van der Waals surface area contributed by atoms with Crippen LogP contribution >= 0.6 is 23.6 Å². The Labute approximate surface area is 133 Å². The summed E-state index contributed by atoms with van der Waals surface area (Å²) in [6.07, 6.45) is 0. The summed E-state index contributed by atoms with van der Waals surface area (Å²) in [7, 11) is 0. The normalized spacial score (nSPS) is 11.3. The number of rotatable bonds is 1. The Kier molecular flexibility index (Phi) is 2.95. The van der Waals surface area contributed by atoms with Crippen LogP contribution in [-0.2, 0) is 0 Å². The standard InChI is InChI=1S/C16H9FN2OS2/c17-10-5-3-4-9(8-10)13-14-18-15(20)11-6-1-2-7-12(11)19(14)16(21)22-13/h1-8H,(H,18,20). The highest BCUT2D eigenvalue weighted by atomic mass is 32.1. The van der Waals surface area contributed by atoms with E-state index in [1.54, 1.807) is 18.2 Å². The van der Waals surface area contributed by atoms with E-state index in [9.17, 15) is 9.18 Å². The van der Waals surface area contributed by atoms with Gasteiger partial charge in [-0.1, -0.05) is 24.3 Å². The van der Waals surface area contributed by atoms with Crippen molar-refractivity contribution in [2.45, 2.75) is 0 Å². The van der Waals surface area contributed by atoms with Crippen LogP contribution in [-0.4, -0.2) is 9.38 Å². The number of thiazole rings is 1. The summed E-state index contributed by atoms with van der Waals surface area (Å²) in [4.78, 5) is 15.9. The van der Waals surface area contributed by atoms with Crippen LogP contribution in [0.15, 0.2) is 53.3 Å². The van der Waals surface area contributed by atoms with Gasteiger partial charge in [0.15, 0.2) is 3.95 Å². The van der Waals surface area contributed by atoms with Crippen LogP contribution in [0.4, 0.5) is 4.39 Å². The van der Waals surface area contributed by atoms with Gasteiger partial charge in [0.1, 0.15) is 11.5 Å². The van der Waals surface area contributed by atoms with Gasteiger partial charge in [-0.3, -0.25) is 9.20 Å². The summed E-state index contributed by atoms with van der Waals surface area (Å²) in [6, 6.07) is 13.6. The molecule has 1 N–H and O–H groups in total. The number of aromatic nitrogens is 2. The zero-order chi connectivity index (χ0) is 15.3. The minimum absolute atomic E-state index is 0.180. The summed E-state index contributed by atoms with van der Waals surface area (Å²) in [6.45, 7) is 0. The van der Waals surface area contributed by atoms with Gasteiger partial charge >= 0.3 is 0 Å². The van der Waals surface area contributed by atoms with Crippen molar-refractivity contribution in [3.8, 4) is 10.4 Å². The minimum atomic E-state index is -0.321. The number of nitrogens with one attached hydrogen (secondary N) is 1. The molecule has 0 aliphatic heterocycles. The molecule has 0 saturated heterocycles. The summed E-state index contributed by atoms with van der Waals surface area (Å²) >= 11 is 6.80. The minimum Gasteiger partial charge on any atom is -0.306 e. The average molecular weight is 328 g/mol. The molecule has 0 amide bonds. The predicted molar refractivity (Wildman–Crippen MR) is 89.6 cm³/mol. The fourth-order valence-corrected chi connectivity index (χ4v) is 3.95. The van der Waals surface area contributed by atoms with Gasteiger partial charge in [-0.15, -0.1) is 11.3 Å². The maximum Gasteiger partial charge on any atom is 0.258 e. The molecule has 0 aliphatic rings. The van der Waals surface area contributed by atoms with Crippen LogP contribution in [0.5, 0.6) is 0 Å². The van der Waals surface area contributed by atoms with Crippen molar-refractivity contribution < 1.29 is 4.39 Å². The zero-order valence-electron chi connectivity index (χ0n) is 11.2. The number of para-hydroxylation sites is 1. The molecule has 108 valence electrons. The topological polar surface area (TPSA) is 37.3 Å². The summed E-state index contributed by atoms with van der Waals surface area (Å²) in [5.41, 5.74) is 1.88. The molecule has 4 rings (SSSR count). The Morgan fingerprint density at radius 1 is 1.14 bits per heavy atom. The van der Waals surface area contributed by atoms with Gasteiger partial charge in [0, 0.05) is 0 Å². The number of halogens is 1. The van der Waals surface area contributed by atoms with Crippen molar-refractivity contribution in [3.63, 3.8) is 0 Å². The van der Waals surface area contributed by atoms with Gasteiger partial charge in [-0.25, -0.2) is 4.39 Å². The molecule has 0 aliphatic carbocycles. The van der Waals surface area contributed by atoms with Crippen LogP contribution in [0, 0.1) is 9.77 Å². The van der Waals surface area contributed by atoms with E-state index in [1.165, 1.54) is 23.5 Å². The second-order valence-corrected chi connectivity index (χ2v) is 6.51. The number of hydrogen-bond donors (Lipinski definition) is 1. The van der Waals surface area contributed by atoms with E-state index in [4.69, 9.17) is 12.2 Å². The number of nitrogens with zero attached hydrogens (tertiary/aromatic N) is 1. The van der Waals surface area contributed by atoms with E-state index in [2.05, 4.69) is 4.98 Å². The first-order valence-corrected chi connectivity index (χ1v) is 7.80. The molecule has 0 bridgehead atoms. The Balaban J connectivity index is 2.20. The second kappa shape index (κ2) is 4.86. The van der Waals surface area contributed by atoms with Crippen molar-refractivity contribution >= 4 is 40.1 Å². The highest BCUT2D eigenvalue weighted by molar-refractivity contribution is 7.73. The van der Waals surface area contributed by atoms with Crippen molar-refractivity contribution in [1.82, 2.24) is 9.38 Å².